The second-order valence-electron chi connectivity index (χ2n) is 2.78. The highest BCUT2D eigenvalue weighted by Gasteiger charge is 1.98. The summed E-state index contributed by atoms with van der Waals surface area (Å²) in [4.78, 5) is 0. The van der Waals surface area contributed by atoms with Gasteiger partial charge in [-0.15, -0.1) is 0 Å². The molecule has 1 N–H and O–H groups in total. The second-order valence-corrected chi connectivity index (χ2v) is 3.57. The molecule has 0 aliphatic carbocycles. The summed E-state index contributed by atoms with van der Waals surface area (Å²) in [5.74, 6) is 0. The van der Waals surface area contributed by atoms with E-state index >= 15 is 0 Å². The van der Waals surface area contributed by atoms with Crippen LogP contribution in [0.4, 0.5) is 0 Å². The van der Waals surface area contributed by atoms with E-state index in [0.717, 1.165) is 5.33 Å². The summed E-state index contributed by atoms with van der Waals surface area (Å²) in [5, 5.41) is 9.50. The number of hydrogen-bond donors (Lipinski definition) is 1. The average molecular weight is 271 g/mol. The fourth-order valence-electron chi connectivity index (χ4n) is 0.737. The van der Waals surface area contributed by atoms with Gasteiger partial charge in [-0.1, -0.05) is 15.9 Å². The minimum absolute atomic E-state index is 0.0500. The Labute approximate surface area is 93.7 Å². The third kappa shape index (κ3) is 10.4. The van der Waals surface area contributed by atoms with Gasteiger partial charge in [0.05, 0.1) is 45.7 Å². The van der Waals surface area contributed by atoms with Crippen molar-refractivity contribution in [1.29, 1.82) is 0 Å². The van der Waals surface area contributed by atoms with E-state index in [-0.39, 0.29) is 12.7 Å². The molecule has 0 aromatic heterocycles. The molecule has 0 amide bonds. The van der Waals surface area contributed by atoms with E-state index in [9.17, 15) is 0 Å². The zero-order chi connectivity index (χ0) is 10.6. The molecular formula is C9H19BrO4. The maximum atomic E-state index is 8.64. The zero-order valence-electron chi connectivity index (χ0n) is 8.58. The predicted octanol–water partition coefficient (Wildman–Crippen LogP) is 0.812. The van der Waals surface area contributed by atoms with E-state index in [1.54, 1.807) is 0 Å². The Balaban J connectivity index is 2.92. The molecule has 1 atom stereocenters. The Morgan fingerprint density at radius 3 is 2.21 bits per heavy atom. The first-order valence-electron chi connectivity index (χ1n) is 4.75. The van der Waals surface area contributed by atoms with E-state index in [1.807, 2.05) is 6.92 Å². The van der Waals surface area contributed by atoms with Crippen LogP contribution >= 0.6 is 15.9 Å². The van der Waals surface area contributed by atoms with Crippen molar-refractivity contribution >= 4 is 15.9 Å². The molecule has 0 fully saturated rings. The monoisotopic (exact) mass is 270 g/mol. The van der Waals surface area contributed by atoms with Crippen LogP contribution in [0.2, 0.25) is 0 Å². The summed E-state index contributed by atoms with van der Waals surface area (Å²) >= 11 is 3.26. The zero-order valence-corrected chi connectivity index (χ0v) is 10.2. The van der Waals surface area contributed by atoms with Crippen LogP contribution < -0.4 is 0 Å². The largest absolute Gasteiger partial charge is 0.394 e. The number of aliphatic hydroxyl groups excluding tert-OH is 1. The lowest BCUT2D eigenvalue weighted by Crippen LogP contribution is -2.17. The minimum Gasteiger partial charge on any atom is -0.394 e. The molecule has 0 spiro atoms. The number of ether oxygens (including phenoxy) is 3. The van der Waals surface area contributed by atoms with Crippen molar-refractivity contribution in [2.24, 2.45) is 0 Å². The van der Waals surface area contributed by atoms with Crippen molar-refractivity contribution < 1.29 is 19.3 Å². The van der Waals surface area contributed by atoms with Gasteiger partial charge >= 0.3 is 0 Å². The summed E-state index contributed by atoms with van der Waals surface area (Å²) in [6.07, 6.45) is -0.108. The highest BCUT2D eigenvalue weighted by atomic mass is 79.9. The Morgan fingerprint density at radius 1 is 1.07 bits per heavy atom. The van der Waals surface area contributed by atoms with Gasteiger partial charge < -0.3 is 19.3 Å². The summed E-state index contributed by atoms with van der Waals surface area (Å²) in [5.41, 5.74) is 0. The molecule has 4 nitrogen and oxygen atoms in total. The molecule has 0 bridgehead atoms. The van der Waals surface area contributed by atoms with Gasteiger partial charge in [-0.25, -0.2) is 0 Å². The SMILES string of the molecule is CC(CO)OCCOCCOCCBr. The Bertz CT molecular complexity index is 113. The molecule has 0 heterocycles. The maximum Gasteiger partial charge on any atom is 0.0778 e. The predicted molar refractivity (Wildman–Crippen MR) is 57.9 cm³/mol. The number of hydrogen-bond acceptors (Lipinski definition) is 4. The van der Waals surface area contributed by atoms with Gasteiger partial charge in [0.15, 0.2) is 0 Å². The molecule has 0 radical (unpaired) electrons. The molecule has 0 aromatic rings. The smallest absolute Gasteiger partial charge is 0.0778 e. The highest BCUT2D eigenvalue weighted by Crippen LogP contribution is 1.88. The number of rotatable bonds is 10. The van der Waals surface area contributed by atoms with E-state index < -0.39 is 0 Å². The lowest BCUT2D eigenvalue weighted by Gasteiger charge is -2.09. The number of aliphatic hydroxyl groups is 1. The molecule has 0 aliphatic rings. The van der Waals surface area contributed by atoms with Crippen molar-refractivity contribution in [3.8, 4) is 0 Å². The van der Waals surface area contributed by atoms with E-state index in [0.29, 0.717) is 33.0 Å². The standard InChI is InChI=1S/C9H19BrO4/c1-9(8-11)14-7-6-13-5-4-12-3-2-10/h9,11H,2-8H2,1H3. The number of alkyl halides is 1. The van der Waals surface area contributed by atoms with Crippen molar-refractivity contribution in [2.45, 2.75) is 13.0 Å². The van der Waals surface area contributed by atoms with Crippen LogP contribution in [0.15, 0.2) is 0 Å². The second kappa shape index (κ2) is 11.4. The molecule has 0 saturated carbocycles. The molecule has 0 aliphatic heterocycles. The quantitative estimate of drug-likeness (QED) is 0.472. The van der Waals surface area contributed by atoms with Gasteiger partial charge in [-0.2, -0.15) is 0 Å². The van der Waals surface area contributed by atoms with Crippen LogP contribution in [0.3, 0.4) is 0 Å². The van der Waals surface area contributed by atoms with E-state index in [2.05, 4.69) is 15.9 Å². The van der Waals surface area contributed by atoms with Crippen molar-refractivity contribution in [1.82, 2.24) is 0 Å². The van der Waals surface area contributed by atoms with Gasteiger partial charge in [-0.3, -0.25) is 0 Å². The molecule has 0 rings (SSSR count). The van der Waals surface area contributed by atoms with Gasteiger partial charge in [0, 0.05) is 5.33 Å². The van der Waals surface area contributed by atoms with Crippen LogP contribution in [0.5, 0.6) is 0 Å². The Hall–Kier alpha value is 0.320. The number of halogens is 1. The van der Waals surface area contributed by atoms with Crippen molar-refractivity contribution in [3.05, 3.63) is 0 Å². The van der Waals surface area contributed by atoms with Crippen LogP contribution in [0.1, 0.15) is 6.92 Å². The molecular weight excluding hydrogens is 252 g/mol. The topological polar surface area (TPSA) is 47.9 Å². The van der Waals surface area contributed by atoms with E-state index in [1.165, 1.54) is 0 Å². The average Bonchev–Trinajstić information content (AvgIpc) is 2.21. The summed E-state index contributed by atoms with van der Waals surface area (Å²) in [6.45, 7) is 4.84. The van der Waals surface area contributed by atoms with Crippen LogP contribution in [-0.2, 0) is 14.2 Å². The third-order valence-electron chi connectivity index (χ3n) is 1.48. The lowest BCUT2D eigenvalue weighted by atomic mass is 10.4. The molecule has 5 heteroatoms. The normalized spacial score (nSPS) is 13.1. The van der Waals surface area contributed by atoms with Gasteiger partial charge in [0.25, 0.3) is 0 Å². The molecule has 86 valence electrons. The van der Waals surface area contributed by atoms with E-state index in [4.69, 9.17) is 19.3 Å². The van der Waals surface area contributed by atoms with Gasteiger partial charge in [0.2, 0.25) is 0 Å². The van der Waals surface area contributed by atoms with Crippen LogP contribution in [-0.4, -0.2) is 56.2 Å². The molecule has 0 saturated heterocycles. The minimum atomic E-state index is -0.108. The summed E-state index contributed by atoms with van der Waals surface area (Å²) in [7, 11) is 0. The first-order valence-corrected chi connectivity index (χ1v) is 5.87. The first kappa shape index (κ1) is 14.3. The van der Waals surface area contributed by atoms with Crippen LogP contribution in [0.25, 0.3) is 0 Å². The first-order chi connectivity index (χ1) is 6.81. The van der Waals surface area contributed by atoms with Gasteiger partial charge in [-0.05, 0) is 6.92 Å². The van der Waals surface area contributed by atoms with Gasteiger partial charge in [0.1, 0.15) is 0 Å². The molecule has 0 aromatic carbocycles. The molecule has 1 unspecified atom stereocenters. The summed E-state index contributed by atoms with van der Waals surface area (Å²) in [6, 6.07) is 0. The Kier molecular flexibility index (Phi) is 11.7. The maximum absolute atomic E-state index is 8.64. The Morgan fingerprint density at radius 2 is 1.64 bits per heavy atom. The lowest BCUT2D eigenvalue weighted by molar-refractivity contribution is -0.0206. The van der Waals surface area contributed by atoms with Crippen LogP contribution in [0, 0.1) is 0 Å². The highest BCUT2D eigenvalue weighted by molar-refractivity contribution is 9.09. The summed E-state index contributed by atoms with van der Waals surface area (Å²) < 4.78 is 15.6. The fourth-order valence-corrected chi connectivity index (χ4v) is 0.966. The van der Waals surface area contributed by atoms with Crippen molar-refractivity contribution in [2.75, 3.05) is 45.0 Å². The fraction of sp³-hybridized carbons (Fsp3) is 1.00. The molecule has 14 heavy (non-hydrogen) atoms. The van der Waals surface area contributed by atoms with Crippen molar-refractivity contribution in [3.63, 3.8) is 0 Å². The third-order valence-corrected chi connectivity index (χ3v) is 1.80.